The molecular weight excluding hydrogens is 503 g/mol. The van der Waals surface area contributed by atoms with Crippen molar-refractivity contribution in [1.82, 2.24) is 15.5 Å². The van der Waals surface area contributed by atoms with Crippen LogP contribution in [0.3, 0.4) is 0 Å². The second-order valence-corrected chi connectivity index (χ2v) is 9.00. The number of hydrogen-bond acceptors (Lipinski definition) is 4. The Morgan fingerprint density at radius 1 is 1.06 bits per heavy atom. The van der Waals surface area contributed by atoms with E-state index in [1.165, 1.54) is 51.5 Å². The lowest BCUT2D eigenvalue weighted by Gasteiger charge is -2.24. The molecule has 2 aliphatic carbocycles. The Bertz CT molecular complexity index is 718. The molecule has 7 heteroatoms. The smallest absolute Gasteiger partial charge is 0.191 e. The Hall–Kier alpha value is -1.22. The van der Waals surface area contributed by atoms with Crippen molar-refractivity contribution in [2.24, 2.45) is 4.99 Å². The highest BCUT2D eigenvalue weighted by Crippen LogP contribution is 2.32. The molecule has 31 heavy (non-hydrogen) atoms. The number of likely N-dealkylation sites (tertiary alicyclic amines) is 1. The van der Waals surface area contributed by atoms with Gasteiger partial charge in [0.25, 0.3) is 0 Å². The first kappa shape index (κ1) is 24.4. The molecule has 3 fully saturated rings. The van der Waals surface area contributed by atoms with Crippen LogP contribution in [0.4, 0.5) is 0 Å². The summed E-state index contributed by atoms with van der Waals surface area (Å²) in [7, 11) is 3.56. The summed E-state index contributed by atoms with van der Waals surface area (Å²) in [4.78, 5) is 7.11. The van der Waals surface area contributed by atoms with Crippen molar-refractivity contribution in [2.45, 2.75) is 82.5 Å². The van der Waals surface area contributed by atoms with Crippen molar-refractivity contribution in [3.63, 3.8) is 0 Å². The summed E-state index contributed by atoms with van der Waals surface area (Å²) in [6.45, 7) is 3.05. The fraction of sp³-hybridized carbons (Fsp3) is 0.708. The number of methoxy groups -OCH3 is 1. The van der Waals surface area contributed by atoms with Crippen molar-refractivity contribution < 1.29 is 9.47 Å². The summed E-state index contributed by atoms with van der Waals surface area (Å²) in [6.07, 6.45) is 11.9. The van der Waals surface area contributed by atoms with Crippen molar-refractivity contribution in [1.29, 1.82) is 0 Å². The highest BCUT2D eigenvalue weighted by molar-refractivity contribution is 14.0. The summed E-state index contributed by atoms with van der Waals surface area (Å²) in [5.74, 6) is 2.54. The number of rotatable bonds is 7. The molecule has 1 unspecified atom stereocenters. The molecule has 6 nitrogen and oxygen atoms in total. The second-order valence-electron chi connectivity index (χ2n) is 9.00. The highest BCUT2D eigenvalue weighted by Gasteiger charge is 2.30. The average Bonchev–Trinajstić information content (AvgIpc) is 3.54. The number of guanidine groups is 1. The molecule has 2 saturated carbocycles. The first-order chi connectivity index (χ1) is 14.7. The number of nitrogens with one attached hydrogen (secondary N) is 2. The van der Waals surface area contributed by atoms with Crippen molar-refractivity contribution in [2.75, 3.05) is 27.2 Å². The van der Waals surface area contributed by atoms with Gasteiger partial charge in [-0.05, 0) is 62.6 Å². The van der Waals surface area contributed by atoms with Crippen molar-refractivity contribution >= 4 is 29.9 Å². The van der Waals surface area contributed by atoms with Gasteiger partial charge in [-0.1, -0.05) is 18.9 Å². The van der Waals surface area contributed by atoms with E-state index in [0.717, 1.165) is 48.5 Å². The Morgan fingerprint density at radius 2 is 1.81 bits per heavy atom. The summed E-state index contributed by atoms with van der Waals surface area (Å²) < 4.78 is 11.7. The standard InChI is InChI=1S/C24H38N4O2.HI/c1-25-24(27-19-13-14-28(17-19)20-7-3-4-8-20)26-16-18-11-12-22(23(15-18)29-2)30-21-9-5-6-10-21;/h11-12,15,19-21H,3-10,13-14,16-17H2,1-2H3,(H2,25,26,27);1H. The van der Waals surface area contributed by atoms with Crippen LogP contribution in [0.25, 0.3) is 0 Å². The van der Waals surface area contributed by atoms with Crippen LogP contribution in [0, 0.1) is 0 Å². The first-order valence-electron chi connectivity index (χ1n) is 11.8. The Morgan fingerprint density at radius 3 is 2.52 bits per heavy atom. The fourth-order valence-electron chi connectivity index (χ4n) is 5.19. The van der Waals surface area contributed by atoms with E-state index in [0.29, 0.717) is 18.7 Å². The molecule has 4 rings (SSSR count). The number of benzene rings is 1. The lowest BCUT2D eigenvalue weighted by atomic mass is 10.2. The Balaban J connectivity index is 0.00000272. The maximum atomic E-state index is 6.15. The number of ether oxygens (including phenoxy) is 2. The van der Waals surface area contributed by atoms with Crippen LogP contribution in [0.15, 0.2) is 23.2 Å². The van der Waals surface area contributed by atoms with Gasteiger partial charge in [-0.25, -0.2) is 0 Å². The Kier molecular flexibility index (Phi) is 9.56. The topological polar surface area (TPSA) is 58.1 Å². The molecule has 1 atom stereocenters. The number of aliphatic imine (C=N–C) groups is 1. The molecule has 0 bridgehead atoms. The van der Waals surface area contributed by atoms with E-state index in [2.05, 4.69) is 32.7 Å². The molecule has 3 aliphatic rings. The minimum atomic E-state index is 0. The van der Waals surface area contributed by atoms with Gasteiger partial charge in [-0.2, -0.15) is 0 Å². The molecule has 0 aromatic heterocycles. The van der Waals surface area contributed by atoms with Gasteiger partial charge in [-0.3, -0.25) is 9.89 Å². The number of nitrogens with zero attached hydrogens (tertiary/aromatic N) is 2. The maximum Gasteiger partial charge on any atom is 0.191 e. The van der Waals surface area contributed by atoms with Crippen LogP contribution in [-0.4, -0.2) is 56.3 Å². The number of hydrogen-bond donors (Lipinski definition) is 2. The lowest BCUT2D eigenvalue weighted by molar-refractivity contribution is 0.200. The molecule has 0 spiro atoms. The maximum absolute atomic E-state index is 6.15. The fourth-order valence-corrected chi connectivity index (χ4v) is 5.19. The van der Waals surface area contributed by atoms with E-state index >= 15 is 0 Å². The molecule has 1 aromatic rings. The molecule has 1 saturated heterocycles. The van der Waals surface area contributed by atoms with Gasteiger partial charge >= 0.3 is 0 Å². The van der Waals surface area contributed by atoms with E-state index in [4.69, 9.17) is 9.47 Å². The van der Waals surface area contributed by atoms with E-state index in [1.807, 2.05) is 13.1 Å². The van der Waals surface area contributed by atoms with E-state index in [-0.39, 0.29) is 24.0 Å². The quantitative estimate of drug-likeness (QED) is 0.306. The minimum absolute atomic E-state index is 0. The van der Waals surface area contributed by atoms with Crippen LogP contribution in [0.2, 0.25) is 0 Å². The predicted octanol–water partition coefficient (Wildman–Crippen LogP) is 4.32. The zero-order valence-electron chi connectivity index (χ0n) is 19.1. The van der Waals surface area contributed by atoms with E-state index in [1.54, 1.807) is 7.11 Å². The molecule has 2 N–H and O–H groups in total. The minimum Gasteiger partial charge on any atom is -0.493 e. The normalized spacial score (nSPS) is 23.0. The highest BCUT2D eigenvalue weighted by atomic mass is 127. The van der Waals surface area contributed by atoms with Crippen LogP contribution < -0.4 is 20.1 Å². The van der Waals surface area contributed by atoms with Gasteiger partial charge in [0.05, 0.1) is 13.2 Å². The van der Waals surface area contributed by atoms with Crippen LogP contribution in [0.5, 0.6) is 11.5 Å². The third kappa shape index (κ3) is 6.63. The van der Waals surface area contributed by atoms with Gasteiger partial charge in [0.15, 0.2) is 17.5 Å². The van der Waals surface area contributed by atoms with Crippen LogP contribution >= 0.6 is 24.0 Å². The monoisotopic (exact) mass is 542 g/mol. The average molecular weight is 543 g/mol. The summed E-state index contributed by atoms with van der Waals surface area (Å²) in [5, 5.41) is 7.08. The van der Waals surface area contributed by atoms with Gasteiger partial charge in [-0.15, -0.1) is 24.0 Å². The SMILES string of the molecule is CN=C(NCc1ccc(OC2CCCC2)c(OC)c1)NC1CCN(C2CCCC2)C1.I. The summed E-state index contributed by atoms with van der Waals surface area (Å²) in [5.41, 5.74) is 1.16. The zero-order chi connectivity index (χ0) is 20.8. The predicted molar refractivity (Wildman–Crippen MR) is 137 cm³/mol. The van der Waals surface area contributed by atoms with Gasteiger partial charge in [0, 0.05) is 38.8 Å². The molecule has 1 aromatic carbocycles. The number of halogens is 1. The Labute approximate surface area is 204 Å². The third-order valence-electron chi connectivity index (χ3n) is 6.91. The summed E-state index contributed by atoms with van der Waals surface area (Å²) in [6, 6.07) is 7.52. The summed E-state index contributed by atoms with van der Waals surface area (Å²) >= 11 is 0. The van der Waals surface area contributed by atoms with Crippen LogP contribution in [-0.2, 0) is 6.54 Å². The second kappa shape index (κ2) is 12.1. The van der Waals surface area contributed by atoms with Gasteiger partial charge < -0.3 is 20.1 Å². The largest absolute Gasteiger partial charge is 0.493 e. The molecular formula is C24H39IN4O2. The third-order valence-corrected chi connectivity index (χ3v) is 6.91. The zero-order valence-corrected chi connectivity index (χ0v) is 21.4. The first-order valence-corrected chi connectivity index (χ1v) is 11.8. The molecule has 0 amide bonds. The van der Waals surface area contributed by atoms with Crippen molar-refractivity contribution in [3.8, 4) is 11.5 Å². The molecule has 1 heterocycles. The van der Waals surface area contributed by atoms with Gasteiger partial charge in [0.2, 0.25) is 0 Å². The van der Waals surface area contributed by atoms with Gasteiger partial charge in [0.1, 0.15) is 0 Å². The van der Waals surface area contributed by atoms with Crippen LogP contribution in [0.1, 0.15) is 63.4 Å². The molecule has 0 radical (unpaired) electrons. The molecule has 1 aliphatic heterocycles. The van der Waals surface area contributed by atoms with E-state index in [9.17, 15) is 0 Å². The van der Waals surface area contributed by atoms with E-state index < -0.39 is 0 Å². The molecule has 174 valence electrons. The van der Waals surface area contributed by atoms with Crippen molar-refractivity contribution in [3.05, 3.63) is 23.8 Å². The lowest BCUT2D eigenvalue weighted by Crippen LogP contribution is -2.45.